The predicted molar refractivity (Wildman–Crippen MR) is 187 cm³/mol. The zero-order valence-electron chi connectivity index (χ0n) is 28.6. The largest absolute Gasteiger partial charge is 0.508 e. The SMILES string of the molecule is COc1cc(O)ccc1C1C2=CCC3C(=O)N(c4cc([N+](=O)[O-])c(N(C)C)c([N+](=O)[O-])c4)C(=O)C3C2CC2C(=O)N(c3ccc(F)c(Cl)c3)C(=O)C21C. The van der Waals surface area contributed by atoms with E-state index in [0.717, 1.165) is 28.0 Å². The molecule has 2 aliphatic heterocycles. The smallest absolute Gasteiger partial charge is 0.301 e. The number of imide groups is 2. The number of rotatable bonds is 7. The van der Waals surface area contributed by atoms with Crippen LogP contribution < -0.4 is 19.4 Å². The highest BCUT2D eigenvalue weighted by Gasteiger charge is 2.68. The molecule has 4 aliphatic rings. The van der Waals surface area contributed by atoms with Gasteiger partial charge in [0, 0.05) is 43.8 Å². The fourth-order valence-corrected chi connectivity index (χ4v) is 9.05. The molecule has 0 spiro atoms. The Balaban J connectivity index is 1.38. The molecular weight excluding hydrogens is 717 g/mol. The van der Waals surface area contributed by atoms with Crippen LogP contribution in [0, 0.1) is 55.1 Å². The van der Waals surface area contributed by atoms with E-state index in [1.807, 2.05) is 0 Å². The Kier molecular flexibility index (Phi) is 8.28. The number of hydrogen-bond acceptors (Lipinski definition) is 11. The van der Waals surface area contributed by atoms with E-state index in [2.05, 4.69) is 0 Å². The average molecular weight is 748 g/mol. The van der Waals surface area contributed by atoms with Crippen LogP contribution >= 0.6 is 11.6 Å². The first-order chi connectivity index (χ1) is 25.0. The molecule has 3 fully saturated rings. The van der Waals surface area contributed by atoms with Gasteiger partial charge in [-0.05, 0) is 49.9 Å². The van der Waals surface area contributed by atoms with Crippen LogP contribution in [0.2, 0.25) is 5.02 Å². The maximum absolute atomic E-state index is 14.6. The van der Waals surface area contributed by atoms with Crippen molar-refractivity contribution >= 4 is 63.7 Å². The van der Waals surface area contributed by atoms with Crippen molar-refractivity contribution < 1.29 is 43.3 Å². The molecule has 0 radical (unpaired) electrons. The van der Waals surface area contributed by atoms with E-state index in [4.69, 9.17) is 16.3 Å². The second-order valence-corrected chi connectivity index (χ2v) is 14.3. The first kappa shape index (κ1) is 35.5. The zero-order chi connectivity index (χ0) is 38.4. The summed E-state index contributed by atoms with van der Waals surface area (Å²) in [6.07, 6.45) is 1.70. The van der Waals surface area contributed by atoms with Crippen molar-refractivity contribution in [3.05, 3.63) is 96.8 Å². The molecule has 15 nitrogen and oxygen atoms in total. The predicted octanol–water partition coefficient (Wildman–Crippen LogP) is 5.51. The molecule has 3 aromatic rings. The van der Waals surface area contributed by atoms with Crippen molar-refractivity contribution in [1.29, 1.82) is 0 Å². The minimum absolute atomic E-state index is 0.00854. The number of allylic oxidation sites excluding steroid dienone is 2. The molecule has 0 bridgehead atoms. The summed E-state index contributed by atoms with van der Waals surface area (Å²) in [5, 5.41) is 34.2. The molecule has 2 heterocycles. The molecule has 0 aromatic heterocycles. The molecule has 274 valence electrons. The van der Waals surface area contributed by atoms with E-state index in [1.165, 1.54) is 50.4 Å². The van der Waals surface area contributed by atoms with Crippen molar-refractivity contribution in [2.24, 2.45) is 29.1 Å². The number of fused-ring (bicyclic) bond motifs is 4. The number of nitro benzene ring substituents is 2. The molecule has 6 atom stereocenters. The fraction of sp³-hybridized carbons (Fsp3) is 0.333. The Morgan fingerprint density at radius 2 is 1.58 bits per heavy atom. The van der Waals surface area contributed by atoms with Gasteiger partial charge in [-0.2, -0.15) is 0 Å². The number of nitrogens with zero attached hydrogens (tertiary/aromatic N) is 5. The van der Waals surface area contributed by atoms with E-state index in [0.29, 0.717) is 11.1 Å². The second-order valence-electron chi connectivity index (χ2n) is 13.9. The van der Waals surface area contributed by atoms with Gasteiger partial charge in [0.2, 0.25) is 23.6 Å². The number of anilines is 3. The Morgan fingerprint density at radius 3 is 2.17 bits per heavy atom. The number of benzene rings is 3. The number of carbonyl (C=O) groups is 4. The fourth-order valence-electron chi connectivity index (χ4n) is 8.88. The van der Waals surface area contributed by atoms with Gasteiger partial charge in [-0.15, -0.1) is 0 Å². The van der Waals surface area contributed by atoms with Crippen LogP contribution in [-0.2, 0) is 19.2 Å². The first-order valence-corrected chi connectivity index (χ1v) is 16.8. The Morgan fingerprint density at radius 1 is 0.925 bits per heavy atom. The summed E-state index contributed by atoms with van der Waals surface area (Å²) in [5.41, 5.74) is -2.51. The Labute approximate surface area is 305 Å². The van der Waals surface area contributed by atoms with Gasteiger partial charge in [-0.3, -0.25) is 39.4 Å². The summed E-state index contributed by atoms with van der Waals surface area (Å²) >= 11 is 6.06. The van der Waals surface area contributed by atoms with Crippen molar-refractivity contribution in [2.45, 2.75) is 25.7 Å². The second kappa shape index (κ2) is 12.4. The number of phenols is 1. The van der Waals surface area contributed by atoms with Gasteiger partial charge in [-0.25, -0.2) is 14.2 Å². The molecule has 53 heavy (non-hydrogen) atoms. The Hall–Kier alpha value is -5.90. The summed E-state index contributed by atoms with van der Waals surface area (Å²) < 4.78 is 19.8. The van der Waals surface area contributed by atoms with E-state index in [9.17, 15) is 48.9 Å². The number of carbonyl (C=O) groups excluding carboxylic acids is 4. The van der Waals surface area contributed by atoms with Gasteiger partial charge in [-0.1, -0.05) is 29.3 Å². The Bertz CT molecular complexity index is 2190. The monoisotopic (exact) mass is 747 g/mol. The van der Waals surface area contributed by atoms with Gasteiger partial charge < -0.3 is 14.7 Å². The van der Waals surface area contributed by atoms with Gasteiger partial charge in [0.1, 0.15) is 17.3 Å². The lowest BCUT2D eigenvalue weighted by Gasteiger charge is -2.49. The highest BCUT2D eigenvalue weighted by atomic mass is 35.5. The van der Waals surface area contributed by atoms with E-state index in [1.54, 1.807) is 19.1 Å². The minimum Gasteiger partial charge on any atom is -0.508 e. The minimum atomic E-state index is -1.51. The van der Waals surface area contributed by atoms with E-state index >= 15 is 0 Å². The third-order valence-corrected chi connectivity index (χ3v) is 11.4. The number of nitro groups is 2. The van der Waals surface area contributed by atoms with Crippen LogP contribution in [0.5, 0.6) is 11.5 Å². The van der Waals surface area contributed by atoms with Crippen molar-refractivity contribution in [3.63, 3.8) is 0 Å². The molecule has 2 saturated heterocycles. The van der Waals surface area contributed by atoms with Crippen LogP contribution in [-0.4, -0.2) is 59.8 Å². The summed E-state index contributed by atoms with van der Waals surface area (Å²) in [5.74, 6) is -8.38. The number of methoxy groups -OCH3 is 1. The summed E-state index contributed by atoms with van der Waals surface area (Å²) in [6.45, 7) is 1.63. The molecule has 7 rings (SSSR count). The average Bonchev–Trinajstić information content (AvgIpc) is 3.48. The molecular formula is C36H31ClFN5O10. The lowest BCUT2D eigenvalue weighted by molar-refractivity contribution is -0.392. The van der Waals surface area contributed by atoms with Crippen molar-refractivity contribution in [3.8, 4) is 11.5 Å². The van der Waals surface area contributed by atoms with Crippen molar-refractivity contribution in [1.82, 2.24) is 0 Å². The van der Waals surface area contributed by atoms with Crippen LogP contribution in [0.15, 0.2) is 60.2 Å². The maximum atomic E-state index is 14.6. The van der Waals surface area contributed by atoms with E-state index < -0.39 is 85.7 Å². The summed E-state index contributed by atoms with van der Waals surface area (Å²) in [4.78, 5) is 83.1. The first-order valence-electron chi connectivity index (χ1n) is 16.4. The van der Waals surface area contributed by atoms with Gasteiger partial charge in [0.25, 0.3) is 0 Å². The van der Waals surface area contributed by atoms with Gasteiger partial charge in [0.05, 0.1) is 56.5 Å². The number of halogens is 2. The quantitative estimate of drug-likeness (QED) is 0.139. The molecule has 1 saturated carbocycles. The number of aromatic hydroxyl groups is 1. The molecule has 1 N–H and O–H groups in total. The lowest BCUT2D eigenvalue weighted by Crippen LogP contribution is -2.49. The van der Waals surface area contributed by atoms with Gasteiger partial charge in [0.15, 0.2) is 5.69 Å². The number of phenolic OH excluding ortho intramolecular Hbond substituents is 1. The molecule has 4 amide bonds. The topological polar surface area (TPSA) is 194 Å². The number of amides is 4. The lowest BCUT2D eigenvalue weighted by atomic mass is 9.51. The number of ether oxygens (including phenoxy) is 1. The summed E-state index contributed by atoms with van der Waals surface area (Å²) in [7, 11) is 4.15. The van der Waals surface area contributed by atoms with Crippen LogP contribution in [0.3, 0.4) is 0 Å². The summed E-state index contributed by atoms with van der Waals surface area (Å²) in [6, 6.07) is 9.68. The van der Waals surface area contributed by atoms with Crippen molar-refractivity contribution in [2.75, 3.05) is 35.9 Å². The molecule has 3 aromatic carbocycles. The normalized spacial score (nSPS) is 26.2. The number of hydrogen-bond donors (Lipinski definition) is 1. The van der Waals surface area contributed by atoms with Crippen LogP contribution in [0.25, 0.3) is 0 Å². The zero-order valence-corrected chi connectivity index (χ0v) is 29.4. The third kappa shape index (κ3) is 5.06. The molecule has 17 heteroatoms. The maximum Gasteiger partial charge on any atom is 0.301 e. The highest BCUT2D eigenvalue weighted by Crippen LogP contribution is 2.65. The van der Waals surface area contributed by atoms with E-state index in [-0.39, 0.29) is 46.4 Å². The van der Waals surface area contributed by atoms with Crippen LogP contribution in [0.1, 0.15) is 31.2 Å². The standard InChI is InChI=1S/C36H31ClFN5O10/c1-36-23(33(46)41(35(36)48)16-5-10-25(38)24(37)11-16)15-22-19(30(36)20-7-6-18(44)14-28(20)53-4)8-9-21-29(22)34(47)40(32(21)45)17-12-26(42(49)50)31(39(2)3)27(13-17)43(51)52/h5-8,10-14,21-23,29-30,44H,9,15H2,1-4H3. The highest BCUT2D eigenvalue weighted by molar-refractivity contribution is 6.32. The molecule has 2 aliphatic carbocycles. The van der Waals surface area contributed by atoms with Crippen LogP contribution in [0.4, 0.5) is 32.8 Å². The molecule has 6 unspecified atom stereocenters. The third-order valence-electron chi connectivity index (χ3n) is 11.1. The van der Waals surface area contributed by atoms with Gasteiger partial charge >= 0.3 is 11.4 Å².